The second-order valence-electron chi connectivity index (χ2n) is 5.46. The molecule has 1 N–H and O–H groups in total. The number of rotatable bonds is 9. The Balaban J connectivity index is 1.78. The standard InChI is InChI=1S/C18H25NO2/c1-2-3-4-5-6-7-13-21-14-15-10-11-17(20)18-16(15)9-8-12-19-18/h8-12,20H,2-7,13-14H2,1H3. The Morgan fingerprint density at radius 3 is 2.71 bits per heavy atom. The van der Waals surface area contributed by atoms with Crippen molar-refractivity contribution in [3.63, 3.8) is 0 Å². The van der Waals surface area contributed by atoms with E-state index in [9.17, 15) is 5.11 Å². The number of pyridine rings is 1. The van der Waals surface area contributed by atoms with Crippen LogP contribution in [0.2, 0.25) is 0 Å². The minimum Gasteiger partial charge on any atom is -0.506 e. The smallest absolute Gasteiger partial charge is 0.141 e. The van der Waals surface area contributed by atoms with Crippen LogP contribution in [-0.2, 0) is 11.3 Å². The highest BCUT2D eigenvalue weighted by Crippen LogP contribution is 2.25. The molecule has 0 aliphatic rings. The second-order valence-corrected chi connectivity index (χ2v) is 5.46. The van der Waals surface area contributed by atoms with Crippen molar-refractivity contribution in [1.29, 1.82) is 0 Å². The van der Waals surface area contributed by atoms with Crippen LogP contribution >= 0.6 is 0 Å². The number of phenols is 1. The Morgan fingerprint density at radius 1 is 1.05 bits per heavy atom. The van der Waals surface area contributed by atoms with E-state index in [2.05, 4.69) is 11.9 Å². The van der Waals surface area contributed by atoms with Gasteiger partial charge in [-0.05, 0) is 24.1 Å². The van der Waals surface area contributed by atoms with Crippen molar-refractivity contribution in [2.24, 2.45) is 0 Å². The molecule has 0 fully saturated rings. The van der Waals surface area contributed by atoms with E-state index in [0.717, 1.165) is 24.0 Å². The first kappa shape index (κ1) is 15.8. The van der Waals surface area contributed by atoms with Crippen LogP contribution in [-0.4, -0.2) is 16.7 Å². The highest BCUT2D eigenvalue weighted by Gasteiger charge is 2.05. The molecule has 1 aromatic carbocycles. The van der Waals surface area contributed by atoms with Crippen molar-refractivity contribution in [2.75, 3.05) is 6.61 Å². The average molecular weight is 287 g/mol. The molecule has 0 aliphatic heterocycles. The Morgan fingerprint density at radius 2 is 1.86 bits per heavy atom. The van der Waals surface area contributed by atoms with E-state index < -0.39 is 0 Å². The third kappa shape index (κ3) is 4.71. The zero-order chi connectivity index (χ0) is 14.9. The van der Waals surface area contributed by atoms with Crippen LogP contribution in [0.5, 0.6) is 5.75 Å². The van der Waals surface area contributed by atoms with E-state index in [1.165, 1.54) is 32.1 Å². The van der Waals surface area contributed by atoms with Crippen molar-refractivity contribution in [3.05, 3.63) is 36.0 Å². The van der Waals surface area contributed by atoms with Gasteiger partial charge in [0.1, 0.15) is 11.3 Å². The zero-order valence-electron chi connectivity index (χ0n) is 12.8. The maximum atomic E-state index is 9.80. The molecule has 0 amide bonds. The van der Waals surface area contributed by atoms with Crippen LogP contribution in [0, 0.1) is 0 Å². The van der Waals surface area contributed by atoms with Crippen molar-refractivity contribution in [1.82, 2.24) is 4.98 Å². The summed E-state index contributed by atoms with van der Waals surface area (Å²) >= 11 is 0. The molecule has 1 aromatic heterocycles. The number of ether oxygens (including phenoxy) is 1. The van der Waals surface area contributed by atoms with Crippen LogP contribution in [0.4, 0.5) is 0 Å². The molecule has 2 rings (SSSR count). The quantitative estimate of drug-likeness (QED) is 0.672. The van der Waals surface area contributed by atoms with Crippen molar-refractivity contribution < 1.29 is 9.84 Å². The Labute approximate surface area is 127 Å². The Hall–Kier alpha value is -1.61. The molecule has 0 saturated heterocycles. The van der Waals surface area contributed by atoms with Gasteiger partial charge in [0.05, 0.1) is 6.61 Å². The van der Waals surface area contributed by atoms with Crippen LogP contribution in [0.25, 0.3) is 10.9 Å². The van der Waals surface area contributed by atoms with Crippen molar-refractivity contribution in [3.8, 4) is 5.75 Å². The van der Waals surface area contributed by atoms with Gasteiger partial charge in [-0.2, -0.15) is 0 Å². The number of phenolic OH excluding ortho intramolecular Hbond substituents is 1. The van der Waals surface area contributed by atoms with Crippen LogP contribution in [0.3, 0.4) is 0 Å². The van der Waals surface area contributed by atoms with Gasteiger partial charge >= 0.3 is 0 Å². The first-order valence-electron chi connectivity index (χ1n) is 7.96. The van der Waals surface area contributed by atoms with E-state index in [1.54, 1.807) is 12.3 Å². The van der Waals surface area contributed by atoms with Gasteiger partial charge in [0.2, 0.25) is 0 Å². The molecule has 21 heavy (non-hydrogen) atoms. The van der Waals surface area contributed by atoms with E-state index in [1.807, 2.05) is 18.2 Å². The highest BCUT2D eigenvalue weighted by molar-refractivity contribution is 5.86. The number of benzene rings is 1. The third-order valence-electron chi connectivity index (χ3n) is 3.74. The Bertz CT molecular complexity index is 554. The van der Waals surface area contributed by atoms with E-state index in [4.69, 9.17) is 4.74 Å². The number of nitrogens with zero attached hydrogens (tertiary/aromatic N) is 1. The number of hydrogen-bond donors (Lipinski definition) is 1. The van der Waals surface area contributed by atoms with Gasteiger partial charge in [0, 0.05) is 18.2 Å². The van der Waals surface area contributed by atoms with Gasteiger partial charge in [0.15, 0.2) is 0 Å². The number of aromatic nitrogens is 1. The summed E-state index contributed by atoms with van der Waals surface area (Å²) in [5.41, 5.74) is 1.74. The summed E-state index contributed by atoms with van der Waals surface area (Å²) in [6, 6.07) is 7.48. The molecule has 0 atom stereocenters. The van der Waals surface area contributed by atoms with Crippen LogP contribution in [0.1, 0.15) is 51.0 Å². The minimum absolute atomic E-state index is 0.227. The van der Waals surface area contributed by atoms with Gasteiger partial charge in [-0.25, -0.2) is 0 Å². The molecule has 0 bridgehead atoms. The molecule has 0 unspecified atom stereocenters. The number of fused-ring (bicyclic) bond motifs is 1. The molecule has 0 radical (unpaired) electrons. The second kappa shape index (κ2) is 8.63. The van der Waals surface area contributed by atoms with Crippen LogP contribution < -0.4 is 0 Å². The highest BCUT2D eigenvalue weighted by atomic mass is 16.5. The molecule has 0 spiro atoms. The van der Waals surface area contributed by atoms with Gasteiger partial charge in [0.25, 0.3) is 0 Å². The summed E-state index contributed by atoms with van der Waals surface area (Å²) in [4.78, 5) is 4.22. The lowest BCUT2D eigenvalue weighted by Crippen LogP contribution is -1.97. The molecule has 3 heteroatoms. The molecular formula is C18H25NO2. The summed E-state index contributed by atoms with van der Waals surface area (Å²) in [6.07, 6.45) is 9.35. The van der Waals surface area contributed by atoms with Crippen LogP contribution in [0.15, 0.2) is 30.5 Å². The number of unbranched alkanes of at least 4 members (excludes halogenated alkanes) is 5. The summed E-state index contributed by atoms with van der Waals surface area (Å²) < 4.78 is 5.76. The summed E-state index contributed by atoms with van der Waals surface area (Å²) in [5.74, 6) is 0.227. The predicted molar refractivity (Wildman–Crippen MR) is 86.4 cm³/mol. The SMILES string of the molecule is CCCCCCCCOCc1ccc(O)c2ncccc12. The first-order valence-corrected chi connectivity index (χ1v) is 7.96. The number of hydrogen-bond acceptors (Lipinski definition) is 3. The van der Waals surface area contributed by atoms with E-state index in [0.29, 0.717) is 12.1 Å². The summed E-state index contributed by atoms with van der Waals surface area (Å²) in [7, 11) is 0. The summed E-state index contributed by atoms with van der Waals surface area (Å²) in [6.45, 7) is 3.62. The third-order valence-corrected chi connectivity index (χ3v) is 3.74. The fraction of sp³-hybridized carbons (Fsp3) is 0.500. The Kier molecular flexibility index (Phi) is 6.48. The minimum atomic E-state index is 0.227. The molecule has 0 saturated carbocycles. The maximum absolute atomic E-state index is 9.80. The van der Waals surface area contributed by atoms with Gasteiger partial charge in [-0.15, -0.1) is 0 Å². The number of aromatic hydroxyl groups is 1. The lowest BCUT2D eigenvalue weighted by atomic mass is 10.1. The lowest BCUT2D eigenvalue weighted by molar-refractivity contribution is 0.117. The first-order chi connectivity index (χ1) is 10.3. The van der Waals surface area contributed by atoms with Gasteiger partial charge in [-0.3, -0.25) is 4.98 Å². The summed E-state index contributed by atoms with van der Waals surface area (Å²) in [5, 5.41) is 10.8. The van der Waals surface area contributed by atoms with E-state index in [-0.39, 0.29) is 5.75 Å². The molecule has 114 valence electrons. The van der Waals surface area contributed by atoms with E-state index >= 15 is 0 Å². The average Bonchev–Trinajstić information content (AvgIpc) is 2.52. The molecule has 3 nitrogen and oxygen atoms in total. The fourth-order valence-electron chi connectivity index (χ4n) is 2.51. The lowest BCUT2D eigenvalue weighted by Gasteiger charge is -2.08. The topological polar surface area (TPSA) is 42.4 Å². The van der Waals surface area contributed by atoms with Gasteiger partial charge < -0.3 is 9.84 Å². The van der Waals surface area contributed by atoms with Crippen molar-refractivity contribution >= 4 is 10.9 Å². The zero-order valence-corrected chi connectivity index (χ0v) is 12.8. The normalized spacial score (nSPS) is 11.1. The maximum Gasteiger partial charge on any atom is 0.141 e. The molecule has 2 aromatic rings. The molecule has 1 heterocycles. The van der Waals surface area contributed by atoms with Crippen molar-refractivity contribution in [2.45, 2.75) is 52.1 Å². The predicted octanol–water partition coefficient (Wildman–Crippen LogP) is 4.82. The molecule has 0 aliphatic carbocycles. The monoisotopic (exact) mass is 287 g/mol. The van der Waals surface area contributed by atoms with Gasteiger partial charge in [-0.1, -0.05) is 51.2 Å². The largest absolute Gasteiger partial charge is 0.506 e. The fourth-order valence-corrected chi connectivity index (χ4v) is 2.51. The molecular weight excluding hydrogens is 262 g/mol.